The Morgan fingerprint density at radius 2 is 2.31 bits per heavy atom. The van der Waals surface area contributed by atoms with Crippen molar-refractivity contribution in [1.82, 2.24) is 0 Å². The van der Waals surface area contributed by atoms with Crippen LogP contribution in [0.1, 0.15) is 25.3 Å². The summed E-state index contributed by atoms with van der Waals surface area (Å²) in [5.41, 5.74) is 1.34. The monoisotopic (exact) mass is 191 g/mol. The van der Waals surface area contributed by atoms with Crippen molar-refractivity contribution in [2.24, 2.45) is 0 Å². The second kappa shape index (κ2) is 5.66. The first-order valence-electron chi connectivity index (χ1n) is 4.51. The largest absolute Gasteiger partial charge is 0.185 e. The van der Waals surface area contributed by atoms with Crippen LogP contribution in [0.4, 0.5) is 0 Å². The van der Waals surface area contributed by atoms with E-state index in [0.29, 0.717) is 0 Å². The summed E-state index contributed by atoms with van der Waals surface area (Å²) in [7, 11) is 0. The molecule has 0 radical (unpaired) electrons. The van der Waals surface area contributed by atoms with E-state index in [9.17, 15) is 0 Å². The van der Waals surface area contributed by atoms with Crippen LogP contribution in [0.2, 0.25) is 0 Å². The van der Waals surface area contributed by atoms with Crippen molar-refractivity contribution >= 4 is 11.8 Å². The molecule has 0 N–H and O–H groups in total. The topological polar surface area (TPSA) is 23.8 Å². The Labute approximate surface area is 83.8 Å². The van der Waals surface area contributed by atoms with Gasteiger partial charge in [-0.05, 0) is 42.3 Å². The molecule has 1 rings (SSSR count). The molecule has 1 nitrogen and oxygen atoms in total. The highest BCUT2D eigenvalue weighted by molar-refractivity contribution is 8.03. The molecular weight excluding hydrogens is 178 g/mol. The molecular formula is C11H13NS. The van der Waals surface area contributed by atoms with Crippen LogP contribution >= 0.6 is 11.8 Å². The SMILES string of the molecule is CCCCc1cccc(SC#N)c1. The van der Waals surface area contributed by atoms with Crippen molar-refractivity contribution in [2.45, 2.75) is 31.1 Å². The number of thiocyanates is 1. The van der Waals surface area contributed by atoms with Crippen LogP contribution in [0.25, 0.3) is 0 Å². The maximum atomic E-state index is 8.50. The molecule has 0 heterocycles. The Bertz CT molecular complexity index is 301. The number of thioether (sulfide) groups is 1. The minimum atomic E-state index is 1.05. The Morgan fingerprint density at radius 3 is 3.00 bits per heavy atom. The fourth-order valence-electron chi connectivity index (χ4n) is 1.20. The third kappa shape index (κ3) is 3.52. The molecule has 0 saturated heterocycles. The van der Waals surface area contributed by atoms with Gasteiger partial charge in [0.25, 0.3) is 0 Å². The van der Waals surface area contributed by atoms with E-state index in [-0.39, 0.29) is 0 Å². The average Bonchev–Trinajstić information content (AvgIpc) is 2.16. The number of hydrogen-bond acceptors (Lipinski definition) is 2. The lowest BCUT2D eigenvalue weighted by molar-refractivity contribution is 0.793. The molecule has 1 aromatic carbocycles. The van der Waals surface area contributed by atoms with Crippen LogP contribution in [0.3, 0.4) is 0 Å². The Kier molecular flexibility index (Phi) is 4.42. The lowest BCUT2D eigenvalue weighted by atomic mass is 10.1. The third-order valence-corrected chi connectivity index (χ3v) is 2.46. The zero-order valence-electron chi connectivity index (χ0n) is 7.79. The Morgan fingerprint density at radius 1 is 1.46 bits per heavy atom. The second-order valence-corrected chi connectivity index (χ2v) is 3.80. The molecule has 13 heavy (non-hydrogen) atoms. The molecule has 1 aromatic rings. The van der Waals surface area contributed by atoms with E-state index in [4.69, 9.17) is 5.26 Å². The number of rotatable bonds is 4. The van der Waals surface area contributed by atoms with E-state index >= 15 is 0 Å². The van der Waals surface area contributed by atoms with Crippen molar-refractivity contribution in [3.8, 4) is 5.40 Å². The van der Waals surface area contributed by atoms with E-state index in [2.05, 4.69) is 24.5 Å². The van der Waals surface area contributed by atoms with Crippen molar-refractivity contribution in [2.75, 3.05) is 0 Å². The van der Waals surface area contributed by atoms with Crippen LogP contribution in [0.5, 0.6) is 0 Å². The number of unbranched alkanes of at least 4 members (excludes halogenated alkanes) is 1. The van der Waals surface area contributed by atoms with Gasteiger partial charge in [0.15, 0.2) is 0 Å². The summed E-state index contributed by atoms with van der Waals surface area (Å²) in [6, 6.07) is 8.22. The van der Waals surface area contributed by atoms with Crippen LogP contribution in [-0.2, 0) is 6.42 Å². The lowest BCUT2D eigenvalue weighted by Gasteiger charge is -2.00. The molecule has 0 saturated carbocycles. The summed E-state index contributed by atoms with van der Waals surface area (Å²) in [6.07, 6.45) is 3.56. The zero-order valence-corrected chi connectivity index (χ0v) is 8.60. The van der Waals surface area contributed by atoms with Gasteiger partial charge in [0.05, 0.1) is 0 Å². The van der Waals surface area contributed by atoms with E-state index in [1.807, 2.05) is 12.1 Å². The number of nitriles is 1. The first kappa shape index (κ1) is 10.1. The fraction of sp³-hybridized carbons (Fsp3) is 0.364. The van der Waals surface area contributed by atoms with Gasteiger partial charge in [-0.3, -0.25) is 0 Å². The van der Waals surface area contributed by atoms with Crippen molar-refractivity contribution in [1.29, 1.82) is 5.26 Å². The molecule has 0 aromatic heterocycles. The maximum Gasteiger partial charge on any atom is 0.138 e. The van der Waals surface area contributed by atoms with Crippen molar-refractivity contribution < 1.29 is 0 Å². The molecule has 0 spiro atoms. The number of benzene rings is 1. The molecule has 0 amide bonds. The predicted molar refractivity (Wildman–Crippen MR) is 56.5 cm³/mol. The number of hydrogen-bond donors (Lipinski definition) is 0. The molecule has 0 aliphatic heterocycles. The van der Waals surface area contributed by atoms with Gasteiger partial charge in [-0.1, -0.05) is 25.5 Å². The highest BCUT2D eigenvalue weighted by atomic mass is 32.2. The zero-order chi connectivity index (χ0) is 9.52. The number of nitrogens with zero attached hydrogens (tertiary/aromatic N) is 1. The summed E-state index contributed by atoms with van der Waals surface area (Å²) in [5, 5.41) is 10.6. The van der Waals surface area contributed by atoms with Crippen LogP contribution in [-0.4, -0.2) is 0 Å². The van der Waals surface area contributed by atoms with E-state index in [1.165, 1.54) is 30.2 Å². The highest BCUT2D eigenvalue weighted by Crippen LogP contribution is 2.18. The predicted octanol–water partition coefficient (Wildman–Crippen LogP) is 3.60. The van der Waals surface area contributed by atoms with Gasteiger partial charge in [-0.2, -0.15) is 5.26 Å². The molecule has 68 valence electrons. The quantitative estimate of drug-likeness (QED) is 0.536. The van der Waals surface area contributed by atoms with Gasteiger partial charge in [0.1, 0.15) is 5.40 Å². The first-order chi connectivity index (χ1) is 6.36. The lowest BCUT2D eigenvalue weighted by Crippen LogP contribution is -1.84. The van der Waals surface area contributed by atoms with Crippen LogP contribution in [0, 0.1) is 10.7 Å². The van der Waals surface area contributed by atoms with Crippen molar-refractivity contribution in [3.63, 3.8) is 0 Å². The summed E-state index contributed by atoms with van der Waals surface area (Å²) in [6.45, 7) is 2.19. The third-order valence-electron chi connectivity index (χ3n) is 1.88. The van der Waals surface area contributed by atoms with Gasteiger partial charge in [0, 0.05) is 4.90 Å². The molecule has 0 bridgehead atoms. The van der Waals surface area contributed by atoms with Gasteiger partial charge in [-0.25, -0.2) is 0 Å². The molecule has 0 fully saturated rings. The molecule has 0 atom stereocenters. The Hall–Kier alpha value is -0.940. The molecule has 0 aliphatic carbocycles. The minimum absolute atomic E-state index is 1.05. The average molecular weight is 191 g/mol. The van der Waals surface area contributed by atoms with Crippen LogP contribution in [0.15, 0.2) is 29.2 Å². The van der Waals surface area contributed by atoms with Gasteiger partial charge in [-0.15, -0.1) is 0 Å². The maximum absolute atomic E-state index is 8.50. The van der Waals surface area contributed by atoms with Gasteiger partial charge >= 0.3 is 0 Å². The fourth-order valence-corrected chi connectivity index (χ4v) is 1.66. The van der Waals surface area contributed by atoms with Crippen molar-refractivity contribution in [3.05, 3.63) is 29.8 Å². The first-order valence-corrected chi connectivity index (χ1v) is 5.33. The van der Waals surface area contributed by atoms with E-state index in [0.717, 1.165) is 11.3 Å². The highest BCUT2D eigenvalue weighted by Gasteiger charge is 1.95. The van der Waals surface area contributed by atoms with Crippen LogP contribution < -0.4 is 0 Å². The standard InChI is InChI=1S/C11H13NS/c1-2-3-5-10-6-4-7-11(8-10)13-9-12/h4,6-8H,2-3,5H2,1H3. The van der Waals surface area contributed by atoms with E-state index in [1.54, 1.807) is 0 Å². The Balaban J connectivity index is 2.63. The van der Waals surface area contributed by atoms with Gasteiger partial charge < -0.3 is 0 Å². The van der Waals surface area contributed by atoms with Gasteiger partial charge in [0.2, 0.25) is 0 Å². The smallest absolute Gasteiger partial charge is 0.138 e. The summed E-state index contributed by atoms with van der Waals surface area (Å²) >= 11 is 1.23. The second-order valence-electron chi connectivity index (χ2n) is 2.94. The minimum Gasteiger partial charge on any atom is -0.185 e. The number of aryl methyl sites for hydroxylation is 1. The molecule has 0 unspecified atom stereocenters. The van der Waals surface area contributed by atoms with E-state index < -0.39 is 0 Å². The summed E-state index contributed by atoms with van der Waals surface area (Å²) in [4.78, 5) is 1.05. The summed E-state index contributed by atoms with van der Waals surface area (Å²) < 4.78 is 0. The normalized spacial score (nSPS) is 9.54. The summed E-state index contributed by atoms with van der Waals surface area (Å²) in [5.74, 6) is 0. The molecule has 0 aliphatic rings. The molecule has 2 heteroatoms.